The Bertz CT molecular complexity index is 774. The maximum absolute atomic E-state index is 12.2. The molecule has 0 N–H and O–H groups in total. The lowest BCUT2D eigenvalue weighted by Crippen LogP contribution is -2.27. The van der Waals surface area contributed by atoms with Crippen molar-refractivity contribution in [1.29, 1.82) is 0 Å². The number of likely N-dealkylation sites (tertiary alicyclic amines) is 1. The fourth-order valence-electron chi connectivity index (χ4n) is 3.07. The molecular weight excluding hydrogens is 326 g/mol. The van der Waals surface area contributed by atoms with E-state index in [4.69, 9.17) is 9.15 Å². The van der Waals surface area contributed by atoms with Gasteiger partial charge in [-0.3, -0.25) is 4.79 Å². The fraction of sp³-hybridized carbons (Fsp3) is 0.444. The van der Waals surface area contributed by atoms with Crippen LogP contribution in [0.15, 0.2) is 28.7 Å². The minimum absolute atomic E-state index is 0.120. The number of hydrogen-bond acceptors (Lipinski definition) is 5. The van der Waals surface area contributed by atoms with Gasteiger partial charge in [0.1, 0.15) is 16.4 Å². The van der Waals surface area contributed by atoms with Gasteiger partial charge in [-0.2, -0.15) is 0 Å². The number of carbonyl (C=O) groups is 2. The van der Waals surface area contributed by atoms with Crippen LogP contribution in [0, 0.1) is 12.8 Å². The summed E-state index contributed by atoms with van der Waals surface area (Å²) < 4.78 is 11.0. The predicted molar refractivity (Wildman–Crippen MR) is 89.9 cm³/mol. The van der Waals surface area contributed by atoms with E-state index in [9.17, 15) is 9.59 Å². The average Bonchev–Trinajstić information content (AvgIpc) is 2.97. The molecule has 24 heavy (non-hydrogen) atoms. The lowest BCUT2D eigenvalue weighted by atomic mass is 10.1. The van der Waals surface area contributed by atoms with Crippen molar-refractivity contribution >= 4 is 23.2 Å². The van der Waals surface area contributed by atoms with E-state index in [2.05, 4.69) is 0 Å². The molecule has 4 rings (SSSR count). The summed E-state index contributed by atoms with van der Waals surface area (Å²) in [6, 6.07) is 7.86. The van der Waals surface area contributed by atoms with E-state index >= 15 is 0 Å². The average molecular weight is 345 g/mol. The summed E-state index contributed by atoms with van der Waals surface area (Å²) >= 11 is 1.36. The van der Waals surface area contributed by atoms with E-state index in [-0.39, 0.29) is 17.8 Å². The zero-order chi connectivity index (χ0) is 16.7. The molecule has 6 heteroatoms. The highest BCUT2D eigenvalue weighted by molar-refractivity contribution is 7.17. The van der Waals surface area contributed by atoms with E-state index in [1.165, 1.54) is 11.3 Å². The van der Waals surface area contributed by atoms with Gasteiger partial charge in [0.05, 0.1) is 11.5 Å². The number of carbonyl (C=O) groups excluding carboxylic acids is 2. The van der Waals surface area contributed by atoms with Crippen molar-refractivity contribution in [3.05, 3.63) is 34.9 Å². The summed E-state index contributed by atoms with van der Waals surface area (Å²) in [4.78, 5) is 27.6. The van der Waals surface area contributed by atoms with Crippen LogP contribution in [0.2, 0.25) is 0 Å². The highest BCUT2D eigenvalue weighted by Crippen LogP contribution is 2.33. The van der Waals surface area contributed by atoms with Crippen LogP contribution in [0.4, 0.5) is 0 Å². The van der Waals surface area contributed by atoms with Gasteiger partial charge in [0, 0.05) is 24.9 Å². The molecule has 3 heterocycles. The van der Waals surface area contributed by atoms with Gasteiger partial charge in [-0.15, -0.1) is 11.3 Å². The molecule has 1 aliphatic carbocycles. The minimum Gasteiger partial charge on any atom is -0.461 e. The zero-order valence-corrected chi connectivity index (χ0v) is 14.3. The van der Waals surface area contributed by atoms with Crippen molar-refractivity contribution in [1.82, 2.24) is 4.90 Å². The Morgan fingerprint density at radius 1 is 1.33 bits per heavy atom. The molecule has 0 radical (unpaired) electrons. The van der Waals surface area contributed by atoms with Crippen LogP contribution in [0.5, 0.6) is 0 Å². The summed E-state index contributed by atoms with van der Waals surface area (Å²) in [5, 5.41) is 0. The summed E-state index contributed by atoms with van der Waals surface area (Å²) in [6.07, 6.45) is 2.72. The van der Waals surface area contributed by atoms with Crippen molar-refractivity contribution in [2.45, 2.75) is 32.2 Å². The van der Waals surface area contributed by atoms with E-state index < -0.39 is 0 Å². The molecule has 0 aromatic carbocycles. The standard InChI is InChI=1S/C18H19NO4S/c1-11-2-5-14(23-11)15-6-7-16(24-15)18(21)22-10-12-8-17(20)19(9-12)13-3-4-13/h2,5-7,12-13H,3-4,8-10H2,1H3/t12-/m1/s1. The first-order valence-electron chi connectivity index (χ1n) is 8.23. The fourth-order valence-corrected chi connectivity index (χ4v) is 3.93. The van der Waals surface area contributed by atoms with Crippen LogP contribution in [0.3, 0.4) is 0 Å². The van der Waals surface area contributed by atoms with Crippen molar-refractivity contribution in [2.24, 2.45) is 5.92 Å². The largest absolute Gasteiger partial charge is 0.461 e. The maximum Gasteiger partial charge on any atom is 0.348 e. The van der Waals surface area contributed by atoms with Gasteiger partial charge in [0.2, 0.25) is 5.91 Å². The van der Waals surface area contributed by atoms with E-state index in [1.807, 2.05) is 30.0 Å². The van der Waals surface area contributed by atoms with E-state index in [0.29, 0.717) is 23.9 Å². The van der Waals surface area contributed by atoms with Gasteiger partial charge in [-0.1, -0.05) is 0 Å². The second kappa shape index (κ2) is 6.09. The van der Waals surface area contributed by atoms with Crippen LogP contribution in [0.1, 0.15) is 34.7 Å². The molecule has 1 amide bonds. The maximum atomic E-state index is 12.2. The van der Waals surface area contributed by atoms with E-state index in [1.54, 1.807) is 6.07 Å². The number of furan rings is 1. The Balaban J connectivity index is 1.33. The molecule has 126 valence electrons. The molecule has 1 saturated heterocycles. The third-order valence-corrected chi connectivity index (χ3v) is 5.55. The van der Waals surface area contributed by atoms with Crippen LogP contribution in [-0.2, 0) is 9.53 Å². The van der Waals surface area contributed by atoms with Gasteiger partial charge in [0.25, 0.3) is 0 Å². The second-order valence-electron chi connectivity index (χ2n) is 6.52. The summed E-state index contributed by atoms with van der Waals surface area (Å²) in [5.74, 6) is 1.60. The Morgan fingerprint density at radius 3 is 2.88 bits per heavy atom. The van der Waals surface area contributed by atoms with Crippen LogP contribution in [0.25, 0.3) is 10.6 Å². The number of amides is 1. The first-order chi connectivity index (χ1) is 11.6. The molecule has 2 fully saturated rings. The van der Waals surface area contributed by atoms with Gasteiger partial charge >= 0.3 is 5.97 Å². The van der Waals surface area contributed by atoms with Crippen LogP contribution >= 0.6 is 11.3 Å². The van der Waals surface area contributed by atoms with Gasteiger partial charge in [0.15, 0.2) is 0 Å². The SMILES string of the molecule is Cc1ccc(-c2ccc(C(=O)OC[C@@H]3CC(=O)N(C4CC4)C3)s2)o1. The second-order valence-corrected chi connectivity index (χ2v) is 7.60. The summed E-state index contributed by atoms with van der Waals surface area (Å²) in [5.41, 5.74) is 0. The summed E-state index contributed by atoms with van der Waals surface area (Å²) in [7, 11) is 0. The molecule has 5 nitrogen and oxygen atoms in total. The molecule has 0 spiro atoms. The highest BCUT2D eigenvalue weighted by atomic mass is 32.1. The topological polar surface area (TPSA) is 59.8 Å². The van der Waals surface area contributed by atoms with Crippen LogP contribution < -0.4 is 0 Å². The van der Waals surface area contributed by atoms with Crippen molar-refractivity contribution in [2.75, 3.05) is 13.2 Å². The van der Waals surface area contributed by atoms with Crippen LogP contribution in [-0.4, -0.2) is 36.0 Å². The van der Waals surface area contributed by atoms with Crippen molar-refractivity contribution in [3.63, 3.8) is 0 Å². The van der Waals surface area contributed by atoms with Crippen molar-refractivity contribution in [3.8, 4) is 10.6 Å². The Hall–Kier alpha value is -2.08. The highest BCUT2D eigenvalue weighted by Gasteiger charge is 2.39. The Kier molecular flexibility index (Phi) is 3.92. The number of ether oxygens (including phenoxy) is 1. The number of rotatable bonds is 5. The predicted octanol–water partition coefficient (Wildman–Crippen LogP) is 3.48. The molecular formula is C18H19NO4S. The molecule has 1 aliphatic heterocycles. The number of hydrogen-bond donors (Lipinski definition) is 0. The molecule has 2 aromatic rings. The molecule has 0 unspecified atom stereocenters. The van der Waals surface area contributed by atoms with Gasteiger partial charge in [-0.25, -0.2) is 4.79 Å². The first-order valence-corrected chi connectivity index (χ1v) is 9.05. The Morgan fingerprint density at radius 2 is 2.17 bits per heavy atom. The van der Waals surface area contributed by atoms with Gasteiger partial charge in [-0.05, 0) is 44.0 Å². The molecule has 2 aromatic heterocycles. The third-order valence-electron chi connectivity index (χ3n) is 4.47. The van der Waals surface area contributed by atoms with Crippen molar-refractivity contribution < 1.29 is 18.7 Å². The lowest BCUT2D eigenvalue weighted by Gasteiger charge is -2.15. The smallest absolute Gasteiger partial charge is 0.348 e. The first kappa shape index (κ1) is 15.4. The molecule has 0 bridgehead atoms. The molecule has 1 saturated carbocycles. The number of aryl methyl sites for hydroxylation is 1. The minimum atomic E-state index is -0.327. The normalized spacial score (nSPS) is 20.6. The lowest BCUT2D eigenvalue weighted by molar-refractivity contribution is -0.128. The summed E-state index contributed by atoms with van der Waals surface area (Å²) in [6.45, 7) is 2.92. The third kappa shape index (κ3) is 3.11. The number of esters is 1. The van der Waals surface area contributed by atoms with Gasteiger partial charge < -0.3 is 14.1 Å². The number of thiophene rings is 1. The monoisotopic (exact) mass is 345 g/mol. The molecule has 1 atom stereocenters. The Labute approximate surface area is 144 Å². The molecule has 2 aliphatic rings. The number of nitrogens with zero attached hydrogens (tertiary/aromatic N) is 1. The quantitative estimate of drug-likeness (QED) is 0.779. The van der Waals surface area contributed by atoms with E-state index in [0.717, 1.165) is 35.8 Å². The zero-order valence-electron chi connectivity index (χ0n) is 13.5.